The van der Waals surface area contributed by atoms with Gasteiger partial charge in [-0.15, -0.1) is 0 Å². The van der Waals surface area contributed by atoms with E-state index in [0.717, 1.165) is 5.56 Å². The molecule has 0 saturated carbocycles. The van der Waals surface area contributed by atoms with Crippen molar-refractivity contribution in [2.24, 2.45) is 0 Å². The van der Waals surface area contributed by atoms with Crippen molar-refractivity contribution >= 4 is 29.2 Å². The fraction of sp³-hybridized carbons (Fsp3) is 0.227. The summed E-state index contributed by atoms with van der Waals surface area (Å²) in [5, 5.41) is 16.6. The Morgan fingerprint density at radius 1 is 1.17 bits per heavy atom. The van der Waals surface area contributed by atoms with Gasteiger partial charge in [0.2, 0.25) is 0 Å². The van der Waals surface area contributed by atoms with Crippen LogP contribution in [0.4, 0.5) is 10.1 Å². The molecule has 0 spiro atoms. The highest BCUT2D eigenvalue weighted by Crippen LogP contribution is 2.21. The lowest BCUT2D eigenvalue weighted by atomic mass is 10.1. The monoisotopic (exact) mass is 429 g/mol. The van der Waals surface area contributed by atoms with Gasteiger partial charge in [-0.3, -0.25) is 14.3 Å². The van der Waals surface area contributed by atoms with Crippen molar-refractivity contribution < 1.29 is 19.1 Å². The van der Waals surface area contributed by atoms with E-state index in [-0.39, 0.29) is 18.9 Å². The van der Waals surface area contributed by atoms with Gasteiger partial charge in [0, 0.05) is 33.1 Å². The van der Waals surface area contributed by atoms with Gasteiger partial charge in [-0.25, -0.2) is 4.39 Å². The second-order valence-corrected chi connectivity index (χ2v) is 7.53. The van der Waals surface area contributed by atoms with Crippen LogP contribution in [-0.4, -0.2) is 26.8 Å². The number of benzene rings is 2. The molecular weight excluding hydrogens is 409 g/mol. The maximum Gasteiger partial charge on any atom is 0.307 e. The highest BCUT2D eigenvalue weighted by atomic mass is 35.5. The predicted molar refractivity (Wildman–Crippen MR) is 113 cm³/mol. The number of carbonyl (C=O) groups excluding carboxylic acids is 1. The normalized spacial score (nSPS) is 10.8. The number of aryl methyl sites for hydroxylation is 2. The van der Waals surface area contributed by atoms with Crippen molar-refractivity contribution in [2.45, 2.75) is 33.7 Å². The minimum absolute atomic E-state index is 0.130. The first-order valence-corrected chi connectivity index (χ1v) is 9.64. The van der Waals surface area contributed by atoms with Crippen LogP contribution in [0.5, 0.6) is 0 Å². The number of carboxylic acids is 1. The van der Waals surface area contributed by atoms with Crippen molar-refractivity contribution in [2.75, 3.05) is 5.32 Å². The van der Waals surface area contributed by atoms with Crippen LogP contribution in [0.3, 0.4) is 0 Å². The SMILES string of the molecule is Cc1cc(Cl)ccc1C(=O)Nc1ccc(Cn2nc(C)c(CC(=O)O)c2C)c(F)c1. The molecule has 0 saturated heterocycles. The maximum atomic E-state index is 14.7. The minimum atomic E-state index is -0.942. The summed E-state index contributed by atoms with van der Waals surface area (Å²) in [5.74, 6) is -1.79. The summed E-state index contributed by atoms with van der Waals surface area (Å²) < 4.78 is 16.3. The molecule has 0 radical (unpaired) electrons. The Bertz CT molecular complexity index is 1140. The number of anilines is 1. The Morgan fingerprint density at radius 2 is 1.90 bits per heavy atom. The summed E-state index contributed by atoms with van der Waals surface area (Å²) in [4.78, 5) is 23.5. The number of nitrogens with zero attached hydrogens (tertiary/aromatic N) is 2. The van der Waals surface area contributed by atoms with Crippen LogP contribution in [0.15, 0.2) is 36.4 Å². The highest BCUT2D eigenvalue weighted by Gasteiger charge is 2.16. The van der Waals surface area contributed by atoms with Gasteiger partial charge < -0.3 is 10.4 Å². The Kier molecular flexibility index (Phi) is 6.22. The summed E-state index contributed by atoms with van der Waals surface area (Å²) >= 11 is 5.92. The van der Waals surface area contributed by atoms with Crippen LogP contribution in [0.2, 0.25) is 5.02 Å². The molecule has 0 bridgehead atoms. The third-order valence-corrected chi connectivity index (χ3v) is 5.16. The summed E-state index contributed by atoms with van der Waals surface area (Å²) in [6, 6.07) is 9.38. The lowest BCUT2D eigenvalue weighted by molar-refractivity contribution is -0.136. The van der Waals surface area contributed by atoms with E-state index in [1.807, 2.05) is 0 Å². The Morgan fingerprint density at radius 3 is 2.53 bits per heavy atom. The van der Waals surface area contributed by atoms with Crippen molar-refractivity contribution in [1.29, 1.82) is 0 Å². The molecule has 0 atom stereocenters. The van der Waals surface area contributed by atoms with E-state index in [4.69, 9.17) is 16.7 Å². The van der Waals surface area contributed by atoms with Gasteiger partial charge in [0.05, 0.1) is 18.7 Å². The first-order chi connectivity index (χ1) is 14.2. The molecule has 1 heterocycles. The molecule has 3 aromatic rings. The van der Waals surface area contributed by atoms with Gasteiger partial charge in [-0.1, -0.05) is 17.7 Å². The lowest BCUT2D eigenvalue weighted by Gasteiger charge is -2.11. The molecule has 2 N–H and O–H groups in total. The summed E-state index contributed by atoms with van der Waals surface area (Å²) in [6.45, 7) is 5.43. The average molecular weight is 430 g/mol. The lowest BCUT2D eigenvalue weighted by Crippen LogP contribution is -2.14. The molecule has 0 aliphatic carbocycles. The number of nitrogens with one attached hydrogen (secondary N) is 1. The number of amides is 1. The molecule has 3 rings (SSSR count). The van der Waals surface area contributed by atoms with Crippen molar-refractivity contribution in [3.8, 4) is 0 Å². The van der Waals surface area contributed by atoms with Crippen LogP contribution in [0, 0.1) is 26.6 Å². The van der Waals surface area contributed by atoms with Gasteiger partial charge in [0.1, 0.15) is 5.82 Å². The second kappa shape index (κ2) is 8.67. The molecule has 0 aliphatic rings. The first-order valence-electron chi connectivity index (χ1n) is 9.26. The third-order valence-electron chi connectivity index (χ3n) is 4.92. The number of halogens is 2. The molecule has 1 aromatic heterocycles. The van der Waals surface area contributed by atoms with Gasteiger partial charge in [-0.05, 0) is 56.7 Å². The molecule has 6 nitrogen and oxygen atoms in total. The van der Waals surface area contributed by atoms with Gasteiger partial charge in [0.25, 0.3) is 5.91 Å². The van der Waals surface area contributed by atoms with Gasteiger partial charge in [0.15, 0.2) is 0 Å². The van der Waals surface area contributed by atoms with Gasteiger partial charge >= 0.3 is 5.97 Å². The van der Waals surface area contributed by atoms with Crippen LogP contribution >= 0.6 is 11.6 Å². The van der Waals surface area contributed by atoms with Gasteiger partial charge in [-0.2, -0.15) is 5.10 Å². The van der Waals surface area contributed by atoms with Crippen LogP contribution in [0.25, 0.3) is 0 Å². The number of rotatable bonds is 6. The molecule has 0 unspecified atom stereocenters. The van der Waals surface area contributed by atoms with E-state index in [9.17, 15) is 14.0 Å². The largest absolute Gasteiger partial charge is 0.481 e. The Hall–Kier alpha value is -3.19. The fourth-order valence-electron chi connectivity index (χ4n) is 3.29. The number of aliphatic carboxylic acids is 1. The van der Waals surface area contributed by atoms with E-state index in [2.05, 4.69) is 10.4 Å². The maximum absolute atomic E-state index is 14.7. The quantitative estimate of drug-likeness (QED) is 0.603. The number of carboxylic acid groups (broad SMARTS) is 1. The number of hydrogen-bond donors (Lipinski definition) is 2. The third kappa shape index (κ3) is 4.68. The zero-order valence-corrected chi connectivity index (χ0v) is 17.5. The Labute approximate surface area is 178 Å². The van der Waals surface area contributed by atoms with E-state index < -0.39 is 11.8 Å². The molecule has 30 heavy (non-hydrogen) atoms. The Balaban J connectivity index is 1.77. The zero-order chi connectivity index (χ0) is 22.0. The smallest absolute Gasteiger partial charge is 0.307 e. The first kappa shape index (κ1) is 21.5. The standard InChI is InChI=1S/C22H21ClFN3O3/c1-12-8-16(23)5-7-18(12)22(30)25-17-6-4-15(20(24)9-17)11-27-14(3)19(10-21(28)29)13(2)26-27/h4-9H,10-11H2,1-3H3,(H,25,30)(H,28,29). The predicted octanol–water partition coefficient (Wildman–Crippen LogP) is 4.53. The summed E-state index contributed by atoms with van der Waals surface area (Å²) in [7, 11) is 0. The highest BCUT2D eigenvalue weighted by molar-refractivity contribution is 6.30. The number of carbonyl (C=O) groups is 2. The number of aromatic nitrogens is 2. The molecule has 0 fully saturated rings. The molecular formula is C22H21ClFN3O3. The second-order valence-electron chi connectivity index (χ2n) is 7.10. The fourth-order valence-corrected chi connectivity index (χ4v) is 3.52. The molecule has 2 aromatic carbocycles. The molecule has 156 valence electrons. The zero-order valence-electron chi connectivity index (χ0n) is 16.8. The van der Waals surface area contributed by atoms with E-state index in [1.54, 1.807) is 55.8 Å². The van der Waals surface area contributed by atoms with Crippen molar-refractivity contribution in [1.82, 2.24) is 9.78 Å². The summed E-state index contributed by atoms with van der Waals surface area (Å²) in [5.41, 5.74) is 3.81. The van der Waals surface area contributed by atoms with E-state index in [1.165, 1.54) is 6.07 Å². The molecule has 1 amide bonds. The summed E-state index contributed by atoms with van der Waals surface area (Å²) in [6.07, 6.45) is -0.130. The van der Waals surface area contributed by atoms with Crippen molar-refractivity contribution in [3.05, 3.63) is 80.9 Å². The minimum Gasteiger partial charge on any atom is -0.481 e. The van der Waals surface area contributed by atoms with Crippen LogP contribution < -0.4 is 5.32 Å². The van der Waals surface area contributed by atoms with Crippen LogP contribution in [0.1, 0.15) is 38.4 Å². The molecule has 8 heteroatoms. The van der Waals surface area contributed by atoms with E-state index in [0.29, 0.717) is 38.8 Å². The number of hydrogen-bond acceptors (Lipinski definition) is 3. The van der Waals surface area contributed by atoms with Crippen LogP contribution in [-0.2, 0) is 17.8 Å². The topological polar surface area (TPSA) is 84.2 Å². The van der Waals surface area contributed by atoms with E-state index >= 15 is 0 Å². The average Bonchev–Trinajstić information content (AvgIpc) is 2.91. The molecule has 0 aliphatic heterocycles. The van der Waals surface area contributed by atoms with Crippen molar-refractivity contribution in [3.63, 3.8) is 0 Å².